The Morgan fingerprint density at radius 3 is 2.61 bits per heavy atom. The Morgan fingerprint density at radius 1 is 1.25 bits per heavy atom. The van der Waals surface area contributed by atoms with Crippen LogP contribution >= 0.6 is 22.9 Å². The Labute approximate surface area is 219 Å². The van der Waals surface area contributed by atoms with Gasteiger partial charge in [0.05, 0.1) is 29.5 Å². The van der Waals surface area contributed by atoms with E-state index in [0.717, 1.165) is 23.4 Å². The number of hydrogen-bond acceptors (Lipinski definition) is 6. The van der Waals surface area contributed by atoms with Crippen molar-refractivity contribution < 1.29 is 14.3 Å². The number of fused-ring (bicyclic) bond motifs is 1. The number of hydrogen-bond donors (Lipinski definition) is 0. The van der Waals surface area contributed by atoms with Gasteiger partial charge in [0.2, 0.25) is 0 Å². The first-order valence-corrected chi connectivity index (χ1v) is 13.1. The molecule has 1 aliphatic rings. The highest BCUT2D eigenvalue weighted by molar-refractivity contribution is 7.07. The van der Waals surface area contributed by atoms with Crippen molar-refractivity contribution in [2.75, 3.05) is 13.7 Å². The predicted molar refractivity (Wildman–Crippen MR) is 143 cm³/mol. The summed E-state index contributed by atoms with van der Waals surface area (Å²) >= 11 is 7.70. The third-order valence-corrected chi connectivity index (χ3v) is 7.70. The number of rotatable bonds is 7. The van der Waals surface area contributed by atoms with Gasteiger partial charge >= 0.3 is 5.97 Å². The van der Waals surface area contributed by atoms with E-state index in [1.165, 1.54) is 11.3 Å². The Balaban J connectivity index is 2.07. The molecule has 7 nitrogen and oxygen atoms in total. The average molecular weight is 528 g/mol. The summed E-state index contributed by atoms with van der Waals surface area (Å²) in [5.74, 6) is 0.0218. The Kier molecular flexibility index (Phi) is 7.57. The van der Waals surface area contributed by atoms with E-state index in [2.05, 4.69) is 10.6 Å². The molecular formula is C27H30ClN3O4S. The van der Waals surface area contributed by atoms with Crippen LogP contribution in [0.1, 0.15) is 55.2 Å². The van der Waals surface area contributed by atoms with Crippen LogP contribution in [0, 0.1) is 13.8 Å². The lowest BCUT2D eigenvalue weighted by Crippen LogP contribution is -2.40. The van der Waals surface area contributed by atoms with Gasteiger partial charge < -0.3 is 14.0 Å². The number of ether oxygens (including phenoxy) is 2. The number of aromatic nitrogens is 2. The minimum Gasteiger partial charge on any atom is -0.496 e. The fraction of sp³-hybridized carbons (Fsp3) is 0.370. The fourth-order valence-electron chi connectivity index (χ4n) is 4.51. The highest BCUT2D eigenvalue weighted by atomic mass is 35.5. The molecule has 2 aromatic heterocycles. The van der Waals surface area contributed by atoms with Crippen molar-refractivity contribution in [3.05, 3.63) is 82.8 Å². The number of methoxy groups -OCH3 is 1. The van der Waals surface area contributed by atoms with Crippen LogP contribution in [-0.4, -0.2) is 28.8 Å². The van der Waals surface area contributed by atoms with Gasteiger partial charge in [-0.2, -0.15) is 0 Å². The molecule has 0 saturated carbocycles. The molecule has 3 aromatic rings. The van der Waals surface area contributed by atoms with Gasteiger partial charge in [-0.05, 0) is 63.1 Å². The molecule has 4 rings (SSSR count). The van der Waals surface area contributed by atoms with Gasteiger partial charge in [-0.25, -0.2) is 9.79 Å². The molecule has 0 N–H and O–H groups in total. The van der Waals surface area contributed by atoms with Crippen molar-refractivity contribution in [3.8, 4) is 5.75 Å². The van der Waals surface area contributed by atoms with Crippen LogP contribution in [-0.2, 0) is 16.6 Å². The molecule has 0 fully saturated rings. The van der Waals surface area contributed by atoms with E-state index in [1.54, 1.807) is 36.8 Å². The Hall–Kier alpha value is -3.10. The van der Waals surface area contributed by atoms with Crippen LogP contribution in [0.5, 0.6) is 5.75 Å². The summed E-state index contributed by atoms with van der Waals surface area (Å²) < 4.78 is 15.3. The zero-order valence-corrected chi connectivity index (χ0v) is 22.9. The lowest BCUT2D eigenvalue weighted by Gasteiger charge is -2.27. The SMILES string of the molecule is CCCC1=C(C(=O)OCC)[C@H](c2cc(Cl)ccc2OC)n2c(s/c(=C/c3cc(C)n(C)c3C)c2=O)=N1. The van der Waals surface area contributed by atoms with Gasteiger partial charge in [-0.1, -0.05) is 36.3 Å². The molecule has 9 heteroatoms. The number of esters is 1. The molecule has 0 amide bonds. The van der Waals surface area contributed by atoms with Gasteiger partial charge in [0, 0.05) is 29.0 Å². The van der Waals surface area contributed by atoms with Gasteiger partial charge in [-0.3, -0.25) is 9.36 Å². The predicted octanol–water partition coefficient (Wildman–Crippen LogP) is 4.20. The molecule has 190 valence electrons. The van der Waals surface area contributed by atoms with Crippen LogP contribution in [0.4, 0.5) is 0 Å². The molecule has 0 bridgehead atoms. The van der Waals surface area contributed by atoms with E-state index < -0.39 is 12.0 Å². The van der Waals surface area contributed by atoms with E-state index in [9.17, 15) is 9.59 Å². The van der Waals surface area contributed by atoms with E-state index >= 15 is 0 Å². The molecule has 0 radical (unpaired) electrons. The largest absolute Gasteiger partial charge is 0.496 e. The quantitative estimate of drug-likeness (QED) is 0.432. The van der Waals surface area contributed by atoms with Crippen LogP contribution in [0.2, 0.25) is 5.02 Å². The van der Waals surface area contributed by atoms with Crippen molar-refractivity contribution in [2.45, 2.75) is 46.6 Å². The maximum absolute atomic E-state index is 13.9. The first-order chi connectivity index (χ1) is 17.2. The molecule has 1 atom stereocenters. The van der Waals surface area contributed by atoms with Crippen LogP contribution in [0.3, 0.4) is 0 Å². The summed E-state index contributed by atoms with van der Waals surface area (Å²) in [6.07, 6.45) is 3.24. The molecule has 36 heavy (non-hydrogen) atoms. The number of nitrogens with zero attached hydrogens (tertiary/aromatic N) is 3. The van der Waals surface area contributed by atoms with Gasteiger partial charge in [0.15, 0.2) is 4.80 Å². The highest BCUT2D eigenvalue weighted by Gasteiger charge is 2.36. The standard InChI is InChI=1S/C27H30ClN3O4S/c1-7-9-20-23(26(33)35-8-2)24(19-14-18(28)10-11-21(19)34-6)31-25(32)22(36-27(31)29-20)13-17-12-15(3)30(5)16(17)4/h10-14,24H,7-9H2,1-6H3/b22-13+/t24-/m0/s1. The number of carbonyl (C=O) groups is 1. The second kappa shape index (κ2) is 10.5. The smallest absolute Gasteiger partial charge is 0.338 e. The number of carbonyl (C=O) groups excluding carboxylic acids is 1. The van der Waals surface area contributed by atoms with E-state index in [-0.39, 0.29) is 12.2 Å². The molecule has 0 aliphatic carbocycles. The lowest BCUT2D eigenvalue weighted by atomic mass is 9.93. The zero-order chi connectivity index (χ0) is 26.1. The van der Waals surface area contributed by atoms with Crippen molar-refractivity contribution in [1.29, 1.82) is 0 Å². The summed E-state index contributed by atoms with van der Waals surface area (Å²) in [4.78, 5) is 32.6. The highest BCUT2D eigenvalue weighted by Crippen LogP contribution is 2.38. The normalized spacial score (nSPS) is 15.6. The first-order valence-electron chi connectivity index (χ1n) is 11.9. The number of aryl methyl sites for hydroxylation is 1. The van der Waals surface area contributed by atoms with Crippen molar-refractivity contribution in [3.63, 3.8) is 0 Å². The van der Waals surface area contributed by atoms with Crippen LogP contribution in [0.15, 0.2) is 45.3 Å². The summed E-state index contributed by atoms with van der Waals surface area (Å²) in [6.45, 7) is 8.04. The Bertz CT molecular complexity index is 1540. The van der Waals surface area contributed by atoms with E-state index in [1.807, 2.05) is 33.9 Å². The van der Waals surface area contributed by atoms with Crippen molar-refractivity contribution in [2.24, 2.45) is 12.0 Å². The molecule has 1 aliphatic heterocycles. The second-order valence-corrected chi connectivity index (χ2v) is 10.1. The van der Waals surface area contributed by atoms with Gasteiger partial charge in [0.1, 0.15) is 11.8 Å². The number of allylic oxidation sites excluding steroid dienone is 1. The number of thiazole rings is 1. The molecule has 1 aromatic carbocycles. The van der Waals surface area contributed by atoms with Gasteiger partial charge in [-0.15, -0.1) is 0 Å². The van der Waals surface area contributed by atoms with Gasteiger partial charge in [0.25, 0.3) is 5.56 Å². The summed E-state index contributed by atoms with van der Waals surface area (Å²) in [5.41, 5.74) is 4.45. The summed E-state index contributed by atoms with van der Waals surface area (Å²) in [7, 11) is 3.55. The third kappa shape index (κ3) is 4.55. The summed E-state index contributed by atoms with van der Waals surface area (Å²) in [6, 6.07) is 6.47. The maximum Gasteiger partial charge on any atom is 0.338 e. The zero-order valence-electron chi connectivity index (χ0n) is 21.3. The molecular weight excluding hydrogens is 498 g/mol. The van der Waals surface area contributed by atoms with E-state index in [4.69, 9.17) is 26.1 Å². The molecule has 0 unspecified atom stereocenters. The minimum atomic E-state index is -0.781. The average Bonchev–Trinajstić information content (AvgIpc) is 3.28. The summed E-state index contributed by atoms with van der Waals surface area (Å²) in [5, 5.41) is 0.473. The lowest BCUT2D eigenvalue weighted by molar-refractivity contribution is -0.139. The number of halogens is 1. The van der Waals surface area contributed by atoms with Crippen LogP contribution in [0.25, 0.3) is 6.08 Å². The van der Waals surface area contributed by atoms with Crippen molar-refractivity contribution in [1.82, 2.24) is 9.13 Å². The monoisotopic (exact) mass is 527 g/mol. The maximum atomic E-state index is 13.9. The second-order valence-electron chi connectivity index (χ2n) is 8.69. The Morgan fingerprint density at radius 2 is 2.00 bits per heavy atom. The minimum absolute atomic E-state index is 0.207. The van der Waals surface area contributed by atoms with Crippen LogP contribution < -0.4 is 19.6 Å². The van der Waals surface area contributed by atoms with Crippen molar-refractivity contribution >= 4 is 35.0 Å². The van der Waals surface area contributed by atoms with E-state index in [0.29, 0.717) is 43.4 Å². The number of benzene rings is 1. The third-order valence-electron chi connectivity index (χ3n) is 6.48. The molecule has 0 saturated heterocycles. The fourth-order valence-corrected chi connectivity index (χ4v) is 5.70. The molecule has 0 spiro atoms. The molecule has 3 heterocycles. The topological polar surface area (TPSA) is 74.8 Å². The first kappa shape index (κ1) is 26.0.